The molecule has 0 spiro atoms. The largest absolute Gasteiger partial charge is 0.279 e. The lowest BCUT2D eigenvalue weighted by molar-refractivity contribution is 0.592. The Balaban J connectivity index is 2.44. The van der Waals surface area contributed by atoms with Crippen molar-refractivity contribution in [3.05, 3.63) is 52.0 Å². The van der Waals surface area contributed by atoms with Crippen molar-refractivity contribution in [2.45, 2.75) is 18.7 Å². The molecule has 0 aliphatic heterocycles. The van der Waals surface area contributed by atoms with Gasteiger partial charge in [0.1, 0.15) is 10.7 Å². The molecule has 1 aromatic carbocycles. The number of hydrogen-bond acceptors (Lipinski definition) is 3. The van der Waals surface area contributed by atoms with Crippen LogP contribution in [0, 0.1) is 19.7 Å². The van der Waals surface area contributed by atoms with Crippen LogP contribution < -0.4 is 4.72 Å². The number of nitrogens with zero attached hydrogens (tertiary/aromatic N) is 1. The Hall–Kier alpha value is -1.47. The van der Waals surface area contributed by atoms with E-state index in [2.05, 4.69) is 25.6 Å². The van der Waals surface area contributed by atoms with E-state index in [0.29, 0.717) is 5.69 Å². The molecule has 1 N–H and O–H groups in total. The summed E-state index contributed by atoms with van der Waals surface area (Å²) in [7, 11) is -3.86. The molecule has 1 heterocycles. The topological polar surface area (TPSA) is 59.1 Å². The first-order chi connectivity index (χ1) is 9.29. The fourth-order valence-corrected chi connectivity index (χ4v) is 3.67. The molecular formula is C13H12BrFN2O2S. The highest BCUT2D eigenvalue weighted by molar-refractivity contribution is 9.10. The third-order valence-electron chi connectivity index (χ3n) is 2.72. The maximum Gasteiger partial charge on any atom is 0.263 e. The van der Waals surface area contributed by atoms with E-state index >= 15 is 0 Å². The number of sulfonamides is 1. The lowest BCUT2D eigenvalue weighted by Gasteiger charge is -2.13. The quantitative estimate of drug-likeness (QED) is 0.914. The first kappa shape index (κ1) is 14.9. The minimum absolute atomic E-state index is 0.209. The van der Waals surface area contributed by atoms with Crippen LogP contribution in [-0.2, 0) is 10.0 Å². The number of hydrogen-bond donors (Lipinski definition) is 1. The Bertz CT molecular complexity index is 740. The predicted molar refractivity (Wildman–Crippen MR) is 78.6 cm³/mol. The summed E-state index contributed by atoms with van der Waals surface area (Å²) >= 11 is 3.34. The molecule has 0 aliphatic rings. The molecule has 106 valence electrons. The van der Waals surface area contributed by atoms with Crippen molar-refractivity contribution in [3.63, 3.8) is 0 Å². The van der Waals surface area contributed by atoms with Gasteiger partial charge in [-0.05, 0) is 43.2 Å². The number of aryl methyl sites for hydroxylation is 2. The molecule has 2 aromatic rings. The summed E-state index contributed by atoms with van der Waals surface area (Å²) < 4.78 is 40.8. The highest BCUT2D eigenvalue weighted by Gasteiger charge is 2.18. The van der Waals surface area contributed by atoms with E-state index in [-0.39, 0.29) is 4.90 Å². The molecule has 4 nitrogen and oxygen atoms in total. The minimum atomic E-state index is -3.86. The van der Waals surface area contributed by atoms with Crippen LogP contribution in [0.25, 0.3) is 0 Å². The zero-order valence-corrected chi connectivity index (χ0v) is 13.2. The van der Waals surface area contributed by atoms with Crippen LogP contribution in [0.2, 0.25) is 0 Å². The molecule has 0 unspecified atom stereocenters. The normalized spacial score (nSPS) is 11.4. The zero-order valence-electron chi connectivity index (χ0n) is 10.8. The molecule has 0 atom stereocenters. The lowest BCUT2D eigenvalue weighted by atomic mass is 10.1. The van der Waals surface area contributed by atoms with E-state index in [1.165, 1.54) is 0 Å². The van der Waals surface area contributed by atoms with E-state index in [0.717, 1.165) is 34.1 Å². The summed E-state index contributed by atoms with van der Waals surface area (Å²) in [5, 5.41) is 0. The Morgan fingerprint density at radius 3 is 2.30 bits per heavy atom. The molecule has 7 heteroatoms. The standard InChI is InChI=1S/C13H12BrFN2O2S/c1-8-3-10(14)4-9(2)13(8)17-20(18,19)12-5-11(15)6-16-7-12/h3-7,17H,1-2H3. The Labute approximate surface area is 125 Å². The average Bonchev–Trinajstić information content (AvgIpc) is 2.34. The number of rotatable bonds is 3. The first-order valence-corrected chi connectivity index (χ1v) is 7.97. The third-order valence-corrected chi connectivity index (χ3v) is 4.50. The highest BCUT2D eigenvalue weighted by atomic mass is 79.9. The van der Waals surface area contributed by atoms with E-state index in [1.54, 1.807) is 26.0 Å². The van der Waals surface area contributed by atoms with Crippen LogP contribution in [-0.4, -0.2) is 13.4 Å². The molecular weight excluding hydrogens is 347 g/mol. The second-order valence-electron chi connectivity index (χ2n) is 4.36. The molecule has 0 saturated carbocycles. The van der Waals surface area contributed by atoms with Crippen molar-refractivity contribution in [3.8, 4) is 0 Å². The second kappa shape index (κ2) is 5.49. The number of benzene rings is 1. The van der Waals surface area contributed by atoms with E-state index in [9.17, 15) is 12.8 Å². The van der Waals surface area contributed by atoms with Gasteiger partial charge in [0.15, 0.2) is 0 Å². The van der Waals surface area contributed by atoms with E-state index in [4.69, 9.17) is 0 Å². The van der Waals surface area contributed by atoms with Crippen molar-refractivity contribution < 1.29 is 12.8 Å². The summed E-state index contributed by atoms with van der Waals surface area (Å²) in [5.41, 5.74) is 2.02. The predicted octanol–water partition coefficient (Wildman–Crippen LogP) is 3.40. The Morgan fingerprint density at radius 2 is 1.75 bits per heavy atom. The summed E-state index contributed by atoms with van der Waals surface area (Å²) in [6.45, 7) is 3.58. The molecule has 0 aliphatic carbocycles. The second-order valence-corrected chi connectivity index (χ2v) is 6.96. The van der Waals surface area contributed by atoms with Crippen molar-refractivity contribution in [1.82, 2.24) is 4.98 Å². The molecule has 1 aromatic heterocycles. The van der Waals surface area contributed by atoms with Gasteiger partial charge < -0.3 is 0 Å². The maximum atomic E-state index is 13.1. The molecule has 2 rings (SSSR count). The number of halogens is 2. The summed E-state index contributed by atoms with van der Waals surface area (Å²) in [4.78, 5) is 3.34. The molecule has 0 radical (unpaired) electrons. The van der Waals surface area contributed by atoms with Gasteiger partial charge in [-0.3, -0.25) is 9.71 Å². The van der Waals surface area contributed by atoms with Crippen molar-refractivity contribution in [2.75, 3.05) is 4.72 Å². The van der Waals surface area contributed by atoms with Gasteiger partial charge in [0, 0.05) is 10.7 Å². The van der Waals surface area contributed by atoms with Crippen molar-refractivity contribution >= 4 is 31.6 Å². The van der Waals surface area contributed by atoms with Crippen LogP contribution in [0.15, 0.2) is 40.0 Å². The van der Waals surface area contributed by atoms with Gasteiger partial charge in [-0.2, -0.15) is 0 Å². The van der Waals surface area contributed by atoms with Gasteiger partial charge in [0.25, 0.3) is 10.0 Å². The van der Waals surface area contributed by atoms with Gasteiger partial charge in [-0.1, -0.05) is 15.9 Å². The van der Waals surface area contributed by atoms with Crippen molar-refractivity contribution in [2.24, 2.45) is 0 Å². The number of nitrogens with one attached hydrogen (secondary N) is 1. The van der Waals surface area contributed by atoms with Gasteiger partial charge in [-0.25, -0.2) is 12.8 Å². The van der Waals surface area contributed by atoms with Gasteiger partial charge in [0.2, 0.25) is 0 Å². The molecule has 0 bridgehead atoms. The van der Waals surface area contributed by atoms with E-state index in [1.807, 2.05) is 0 Å². The van der Waals surface area contributed by atoms with Gasteiger partial charge in [-0.15, -0.1) is 0 Å². The molecule has 0 fully saturated rings. The Kier molecular flexibility index (Phi) is 4.10. The van der Waals surface area contributed by atoms with Crippen molar-refractivity contribution in [1.29, 1.82) is 0 Å². The van der Waals surface area contributed by atoms with Crippen LogP contribution in [0.5, 0.6) is 0 Å². The average molecular weight is 359 g/mol. The van der Waals surface area contributed by atoms with Gasteiger partial charge in [0.05, 0.1) is 11.9 Å². The third kappa shape index (κ3) is 3.16. The van der Waals surface area contributed by atoms with Crippen LogP contribution in [0.3, 0.4) is 0 Å². The number of anilines is 1. The number of aromatic nitrogens is 1. The fraction of sp³-hybridized carbons (Fsp3) is 0.154. The SMILES string of the molecule is Cc1cc(Br)cc(C)c1NS(=O)(=O)c1cncc(F)c1. The summed E-state index contributed by atoms with van der Waals surface area (Å²) in [5.74, 6) is -0.697. The smallest absolute Gasteiger partial charge is 0.263 e. The molecule has 0 saturated heterocycles. The van der Waals surface area contributed by atoms with Crippen LogP contribution in [0.1, 0.15) is 11.1 Å². The molecule has 20 heavy (non-hydrogen) atoms. The molecule has 0 amide bonds. The van der Waals surface area contributed by atoms with Crippen LogP contribution >= 0.6 is 15.9 Å². The van der Waals surface area contributed by atoms with Gasteiger partial charge >= 0.3 is 0 Å². The first-order valence-electron chi connectivity index (χ1n) is 5.70. The monoisotopic (exact) mass is 358 g/mol. The fourth-order valence-electron chi connectivity index (χ4n) is 1.80. The highest BCUT2D eigenvalue weighted by Crippen LogP contribution is 2.27. The summed E-state index contributed by atoms with van der Waals surface area (Å²) in [6, 6.07) is 4.53. The van der Waals surface area contributed by atoms with E-state index < -0.39 is 15.8 Å². The minimum Gasteiger partial charge on any atom is -0.279 e. The Morgan fingerprint density at radius 1 is 1.15 bits per heavy atom. The maximum absolute atomic E-state index is 13.1. The number of pyridine rings is 1. The summed E-state index contributed by atoms with van der Waals surface area (Å²) in [6.07, 6.45) is 2.06. The van der Waals surface area contributed by atoms with Crippen LogP contribution in [0.4, 0.5) is 10.1 Å². The lowest BCUT2D eigenvalue weighted by Crippen LogP contribution is -2.15. The zero-order chi connectivity index (χ0) is 14.9.